The number of aromatic nitrogens is 1. The summed E-state index contributed by atoms with van der Waals surface area (Å²) < 4.78 is 84.9. The van der Waals surface area contributed by atoms with E-state index in [0.29, 0.717) is 17.7 Å². The standard InChI is InChI=1S/C20H12F6N2O2/c1-10-6-14(20(24,25)26)19(27-9-10)30-13-4-2-12(3-5-13)28-18(29)17-15(22)7-11(21)8-16(17)23/h2-9H,1H3,(H,28,29). The summed E-state index contributed by atoms with van der Waals surface area (Å²) in [6.07, 6.45) is -3.46. The van der Waals surface area contributed by atoms with Crippen LogP contribution in [-0.2, 0) is 6.18 Å². The summed E-state index contributed by atoms with van der Waals surface area (Å²) in [4.78, 5) is 15.7. The molecule has 0 spiro atoms. The second-order valence-electron chi connectivity index (χ2n) is 6.19. The molecule has 156 valence electrons. The average Bonchev–Trinajstić information content (AvgIpc) is 2.63. The van der Waals surface area contributed by atoms with Gasteiger partial charge in [-0.3, -0.25) is 4.79 Å². The molecule has 3 rings (SSSR count). The predicted octanol–water partition coefficient (Wildman–Crippen LogP) is 5.87. The fourth-order valence-electron chi connectivity index (χ4n) is 2.51. The molecule has 0 aliphatic carbocycles. The number of aryl methyl sites for hydroxylation is 1. The van der Waals surface area contributed by atoms with E-state index in [1.54, 1.807) is 0 Å². The second kappa shape index (κ2) is 8.05. The van der Waals surface area contributed by atoms with Crippen LogP contribution in [0.5, 0.6) is 11.6 Å². The Hall–Kier alpha value is -3.56. The fraction of sp³-hybridized carbons (Fsp3) is 0.100. The number of benzene rings is 2. The lowest BCUT2D eigenvalue weighted by Gasteiger charge is -2.13. The molecule has 0 fully saturated rings. The number of carbonyl (C=O) groups excluding carboxylic acids is 1. The maximum Gasteiger partial charge on any atom is 0.421 e. The van der Waals surface area contributed by atoms with Crippen molar-refractivity contribution in [3.05, 3.63) is 82.8 Å². The summed E-state index contributed by atoms with van der Waals surface area (Å²) in [6, 6.07) is 6.57. The molecule has 10 heteroatoms. The van der Waals surface area contributed by atoms with Crippen molar-refractivity contribution >= 4 is 11.6 Å². The van der Waals surface area contributed by atoms with Crippen LogP contribution in [0.15, 0.2) is 48.7 Å². The van der Waals surface area contributed by atoms with E-state index in [1.165, 1.54) is 37.4 Å². The van der Waals surface area contributed by atoms with Gasteiger partial charge in [0.2, 0.25) is 5.88 Å². The van der Waals surface area contributed by atoms with E-state index in [-0.39, 0.29) is 11.4 Å². The molecule has 0 aliphatic heterocycles. The molecular formula is C20H12F6N2O2. The monoisotopic (exact) mass is 426 g/mol. The maximum absolute atomic E-state index is 13.7. The molecule has 1 aromatic heterocycles. The highest BCUT2D eigenvalue weighted by Gasteiger charge is 2.35. The van der Waals surface area contributed by atoms with Crippen LogP contribution in [-0.4, -0.2) is 10.9 Å². The molecule has 0 saturated heterocycles. The zero-order valence-corrected chi connectivity index (χ0v) is 15.2. The van der Waals surface area contributed by atoms with Crippen molar-refractivity contribution in [1.82, 2.24) is 4.98 Å². The number of rotatable bonds is 4. The molecule has 1 amide bonds. The Bertz CT molecular complexity index is 1070. The number of nitrogens with one attached hydrogen (secondary N) is 1. The highest BCUT2D eigenvalue weighted by molar-refractivity contribution is 6.04. The third-order valence-corrected chi connectivity index (χ3v) is 3.85. The fourth-order valence-corrected chi connectivity index (χ4v) is 2.51. The molecule has 0 atom stereocenters. The molecule has 0 bridgehead atoms. The Kier molecular flexibility index (Phi) is 5.68. The van der Waals surface area contributed by atoms with Crippen molar-refractivity contribution < 1.29 is 35.9 Å². The van der Waals surface area contributed by atoms with Crippen LogP contribution in [0.1, 0.15) is 21.5 Å². The van der Waals surface area contributed by atoms with Gasteiger partial charge >= 0.3 is 6.18 Å². The van der Waals surface area contributed by atoms with E-state index in [0.717, 1.165) is 6.07 Å². The van der Waals surface area contributed by atoms with Crippen LogP contribution < -0.4 is 10.1 Å². The second-order valence-corrected chi connectivity index (χ2v) is 6.19. The average molecular weight is 426 g/mol. The first-order chi connectivity index (χ1) is 14.0. The van der Waals surface area contributed by atoms with Crippen LogP contribution in [0.25, 0.3) is 0 Å². The molecule has 0 radical (unpaired) electrons. The van der Waals surface area contributed by atoms with Gasteiger partial charge in [-0.2, -0.15) is 13.2 Å². The van der Waals surface area contributed by atoms with Gasteiger partial charge in [0.15, 0.2) is 0 Å². The zero-order valence-electron chi connectivity index (χ0n) is 15.2. The van der Waals surface area contributed by atoms with E-state index < -0.39 is 46.5 Å². The normalized spacial score (nSPS) is 11.3. The van der Waals surface area contributed by atoms with Gasteiger partial charge in [-0.05, 0) is 42.8 Å². The van der Waals surface area contributed by atoms with E-state index in [1.807, 2.05) is 0 Å². The minimum absolute atomic E-state index is 0.0194. The van der Waals surface area contributed by atoms with Gasteiger partial charge < -0.3 is 10.1 Å². The van der Waals surface area contributed by atoms with Gasteiger partial charge in [0, 0.05) is 24.0 Å². The number of halogens is 6. The number of nitrogens with zero attached hydrogens (tertiary/aromatic N) is 1. The van der Waals surface area contributed by atoms with E-state index in [2.05, 4.69) is 10.3 Å². The minimum atomic E-state index is -4.68. The highest BCUT2D eigenvalue weighted by atomic mass is 19.4. The number of hydrogen-bond acceptors (Lipinski definition) is 3. The summed E-state index contributed by atoms with van der Waals surface area (Å²) in [5.41, 5.74) is -1.66. The Labute approximate surface area is 166 Å². The number of ether oxygens (including phenoxy) is 1. The molecule has 0 unspecified atom stereocenters. The van der Waals surface area contributed by atoms with Crippen LogP contribution in [0, 0.1) is 24.4 Å². The van der Waals surface area contributed by atoms with E-state index in [9.17, 15) is 31.1 Å². The third-order valence-electron chi connectivity index (χ3n) is 3.85. The Morgan fingerprint density at radius 1 is 1.00 bits per heavy atom. The van der Waals surface area contributed by atoms with Crippen molar-refractivity contribution in [1.29, 1.82) is 0 Å². The SMILES string of the molecule is Cc1cnc(Oc2ccc(NC(=O)c3c(F)cc(F)cc3F)cc2)c(C(F)(F)F)c1. The molecule has 0 aliphatic rings. The van der Waals surface area contributed by atoms with Gasteiger partial charge in [0.05, 0.1) is 0 Å². The lowest BCUT2D eigenvalue weighted by atomic mass is 10.1. The number of anilines is 1. The molecule has 1 heterocycles. The predicted molar refractivity (Wildman–Crippen MR) is 94.8 cm³/mol. The van der Waals surface area contributed by atoms with Crippen molar-refractivity contribution in [3.8, 4) is 11.6 Å². The van der Waals surface area contributed by atoms with Gasteiger partial charge in [0.25, 0.3) is 5.91 Å². The summed E-state index contributed by atoms with van der Waals surface area (Å²) in [5.74, 6) is -5.77. The first kappa shape index (κ1) is 21.2. The topological polar surface area (TPSA) is 51.2 Å². The molecular weight excluding hydrogens is 414 g/mol. The van der Waals surface area contributed by atoms with Gasteiger partial charge in [-0.1, -0.05) is 0 Å². The first-order valence-corrected chi connectivity index (χ1v) is 8.32. The minimum Gasteiger partial charge on any atom is -0.438 e. The van der Waals surface area contributed by atoms with Crippen LogP contribution in [0.4, 0.5) is 32.0 Å². The quantitative estimate of drug-likeness (QED) is 0.531. The zero-order chi connectivity index (χ0) is 22.1. The van der Waals surface area contributed by atoms with Crippen molar-refractivity contribution in [2.45, 2.75) is 13.1 Å². The highest BCUT2D eigenvalue weighted by Crippen LogP contribution is 2.37. The number of amides is 1. The van der Waals surface area contributed by atoms with E-state index in [4.69, 9.17) is 4.74 Å². The maximum atomic E-state index is 13.7. The van der Waals surface area contributed by atoms with Gasteiger partial charge in [-0.25, -0.2) is 18.2 Å². The van der Waals surface area contributed by atoms with Crippen molar-refractivity contribution in [2.75, 3.05) is 5.32 Å². The molecule has 2 aromatic carbocycles. The summed E-state index contributed by atoms with van der Waals surface area (Å²) >= 11 is 0. The largest absolute Gasteiger partial charge is 0.438 e. The number of hydrogen-bond donors (Lipinski definition) is 1. The smallest absolute Gasteiger partial charge is 0.421 e. The van der Waals surface area contributed by atoms with E-state index >= 15 is 0 Å². The number of alkyl halides is 3. The third kappa shape index (κ3) is 4.70. The summed E-state index contributed by atoms with van der Waals surface area (Å²) in [7, 11) is 0. The first-order valence-electron chi connectivity index (χ1n) is 8.32. The summed E-state index contributed by atoms with van der Waals surface area (Å²) in [5, 5.41) is 2.20. The number of pyridine rings is 1. The molecule has 0 saturated carbocycles. The van der Waals surface area contributed by atoms with Gasteiger partial charge in [-0.15, -0.1) is 0 Å². The molecule has 3 aromatic rings. The van der Waals surface area contributed by atoms with Crippen LogP contribution in [0.3, 0.4) is 0 Å². The van der Waals surface area contributed by atoms with Crippen LogP contribution >= 0.6 is 0 Å². The van der Waals surface area contributed by atoms with Crippen molar-refractivity contribution in [2.24, 2.45) is 0 Å². The molecule has 1 N–H and O–H groups in total. The van der Waals surface area contributed by atoms with Gasteiger partial charge in [0.1, 0.15) is 34.3 Å². The summed E-state index contributed by atoms with van der Waals surface area (Å²) in [6.45, 7) is 1.45. The lowest BCUT2D eigenvalue weighted by molar-refractivity contribution is -0.138. The van der Waals surface area contributed by atoms with Crippen molar-refractivity contribution in [3.63, 3.8) is 0 Å². The molecule has 30 heavy (non-hydrogen) atoms. The Balaban J connectivity index is 1.78. The Morgan fingerprint density at radius 2 is 1.60 bits per heavy atom. The number of carbonyl (C=O) groups is 1. The van der Waals surface area contributed by atoms with Crippen LogP contribution in [0.2, 0.25) is 0 Å². The Morgan fingerprint density at radius 3 is 2.17 bits per heavy atom. The lowest BCUT2D eigenvalue weighted by Crippen LogP contribution is -2.16. The molecule has 4 nitrogen and oxygen atoms in total.